The van der Waals surface area contributed by atoms with E-state index in [-0.39, 0.29) is 0 Å². The van der Waals surface area contributed by atoms with Crippen molar-refractivity contribution < 1.29 is 8.63 Å². The molecule has 0 aliphatic heterocycles. The molecule has 0 amide bonds. The predicted molar refractivity (Wildman–Crippen MR) is 81.1 cm³/mol. The van der Waals surface area contributed by atoms with Crippen LogP contribution in [-0.2, 0) is 17.3 Å². The number of furan rings is 1. The van der Waals surface area contributed by atoms with Gasteiger partial charge in [0, 0.05) is 46.3 Å². The summed E-state index contributed by atoms with van der Waals surface area (Å²) in [6, 6.07) is 8.12. The van der Waals surface area contributed by atoms with E-state index < -0.39 is 10.8 Å². The molecule has 0 spiro atoms. The highest BCUT2D eigenvalue weighted by atomic mass is 35.5. The van der Waals surface area contributed by atoms with Crippen LogP contribution in [0, 0.1) is 0 Å². The Balaban J connectivity index is 2.01. The lowest BCUT2D eigenvalue weighted by Gasteiger charge is -2.12. The summed E-state index contributed by atoms with van der Waals surface area (Å²) in [5.41, 5.74) is 1.80. The first kappa shape index (κ1) is 14.6. The summed E-state index contributed by atoms with van der Waals surface area (Å²) in [7, 11) is -0.738. The van der Waals surface area contributed by atoms with Gasteiger partial charge < -0.3 is 9.73 Å². The summed E-state index contributed by atoms with van der Waals surface area (Å²) < 4.78 is 16.6. The number of nitrogens with one attached hydrogen (secondary N) is 1. The number of para-hydroxylation sites is 1. The van der Waals surface area contributed by atoms with Gasteiger partial charge in [-0.05, 0) is 31.0 Å². The minimum Gasteiger partial charge on any atom is -0.444 e. The van der Waals surface area contributed by atoms with Gasteiger partial charge >= 0.3 is 0 Å². The Morgan fingerprint density at radius 3 is 2.89 bits per heavy atom. The van der Waals surface area contributed by atoms with Gasteiger partial charge in [-0.2, -0.15) is 0 Å². The molecule has 104 valence electrons. The van der Waals surface area contributed by atoms with Gasteiger partial charge in [0.05, 0.1) is 0 Å². The van der Waals surface area contributed by atoms with Crippen molar-refractivity contribution in [2.75, 3.05) is 12.0 Å². The van der Waals surface area contributed by atoms with Crippen LogP contribution in [0.1, 0.15) is 18.9 Å². The maximum Gasteiger partial charge on any atom is 0.199 e. The third-order valence-electron chi connectivity index (χ3n) is 3.11. The third kappa shape index (κ3) is 3.81. The van der Waals surface area contributed by atoms with Crippen LogP contribution >= 0.6 is 11.6 Å². The molecule has 1 N–H and O–H groups in total. The SMILES string of the molecule is CC(CCS(C)=O)NCc1c(Cl)oc2ccccc12. The summed E-state index contributed by atoms with van der Waals surface area (Å²) in [6.45, 7) is 2.75. The first-order chi connectivity index (χ1) is 9.08. The van der Waals surface area contributed by atoms with E-state index in [4.69, 9.17) is 16.0 Å². The van der Waals surface area contributed by atoms with Crippen molar-refractivity contribution in [2.45, 2.75) is 25.9 Å². The van der Waals surface area contributed by atoms with Gasteiger partial charge in [0.15, 0.2) is 5.22 Å². The Morgan fingerprint density at radius 2 is 2.16 bits per heavy atom. The molecule has 0 bridgehead atoms. The molecule has 0 radical (unpaired) electrons. The van der Waals surface area contributed by atoms with Crippen molar-refractivity contribution in [3.8, 4) is 0 Å². The Labute approximate surface area is 120 Å². The number of rotatable bonds is 6. The Morgan fingerprint density at radius 1 is 1.42 bits per heavy atom. The molecule has 2 aromatic rings. The highest BCUT2D eigenvalue weighted by Crippen LogP contribution is 2.29. The molecular weight excluding hydrogens is 282 g/mol. The molecular formula is C14H18ClNO2S. The minimum absolute atomic E-state index is 0.300. The molecule has 19 heavy (non-hydrogen) atoms. The van der Waals surface area contributed by atoms with Crippen molar-refractivity contribution in [1.29, 1.82) is 0 Å². The zero-order valence-corrected chi connectivity index (χ0v) is 12.7. The van der Waals surface area contributed by atoms with Gasteiger partial charge in [0.25, 0.3) is 0 Å². The number of hydrogen-bond donors (Lipinski definition) is 1. The first-order valence-electron chi connectivity index (χ1n) is 6.27. The van der Waals surface area contributed by atoms with Crippen LogP contribution in [-0.4, -0.2) is 22.3 Å². The van der Waals surface area contributed by atoms with Crippen molar-refractivity contribution in [3.63, 3.8) is 0 Å². The average molecular weight is 300 g/mol. The van der Waals surface area contributed by atoms with Crippen molar-refractivity contribution >= 4 is 33.4 Å². The van der Waals surface area contributed by atoms with Gasteiger partial charge in [-0.25, -0.2) is 0 Å². The quantitative estimate of drug-likeness (QED) is 0.889. The van der Waals surface area contributed by atoms with Gasteiger partial charge in [0.2, 0.25) is 0 Å². The summed E-state index contributed by atoms with van der Waals surface area (Å²) in [5.74, 6) is 0.716. The lowest BCUT2D eigenvalue weighted by Crippen LogP contribution is -2.27. The molecule has 0 saturated heterocycles. The summed E-state index contributed by atoms with van der Waals surface area (Å²) in [5, 5.41) is 4.89. The first-order valence-corrected chi connectivity index (χ1v) is 8.37. The topological polar surface area (TPSA) is 42.2 Å². The molecule has 2 unspecified atom stereocenters. The predicted octanol–water partition coefficient (Wildman–Crippen LogP) is 3.33. The fraction of sp³-hybridized carbons (Fsp3) is 0.429. The zero-order valence-electron chi connectivity index (χ0n) is 11.1. The van der Waals surface area contributed by atoms with E-state index >= 15 is 0 Å². The van der Waals surface area contributed by atoms with Crippen LogP contribution in [0.15, 0.2) is 28.7 Å². The average Bonchev–Trinajstić information content (AvgIpc) is 2.69. The highest BCUT2D eigenvalue weighted by Gasteiger charge is 2.12. The Bertz CT molecular complexity index is 582. The van der Waals surface area contributed by atoms with Gasteiger partial charge in [-0.3, -0.25) is 4.21 Å². The van der Waals surface area contributed by atoms with E-state index in [2.05, 4.69) is 12.2 Å². The molecule has 3 nitrogen and oxygen atoms in total. The Hall–Kier alpha value is -0.840. The maximum absolute atomic E-state index is 11.1. The van der Waals surface area contributed by atoms with Crippen LogP contribution in [0.25, 0.3) is 11.0 Å². The standard InChI is InChI=1S/C14H18ClNO2S/c1-10(7-8-19(2)17)16-9-12-11-5-3-4-6-13(11)18-14(12)15/h3-6,10,16H,7-9H2,1-2H3. The minimum atomic E-state index is -0.738. The summed E-state index contributed by atoms with van der Waals surface area (Å²) in [6.07, 6.45) is 2.61. The van der Waals surface area contributed by atoms with E-state index in [1.165, 1.54) is 0 Å². The molecule has 2 rings (SSSR count). The molecule has 5 heteroatoms. The van der Waals surface area contributed by atoms with Crippen molar-refractivity contribution in [2.24, 2.45) is 0 Å². The fourth-order valence-electron chi connectivity index (χ4n) is 1.95. The molecule has 2 atom stereocenters. The zero-order chi connectivity index (χ0) is 13.8. The van der Waals surface area contributed by atoms with E-state index in [1.54, 1.807) is 6.26 Å². The molecule has 0 aliphatic carbocycles. The number of halogens is 1. The maximum atomic E-state index is 11.1. The fourth-order valence-corrected chi connectivity index (χ4v) is 2.89. The second-order valence-electron chi connectivity index (χ2n) is 4.70. The van der Waals surface area contributed by atoms with Crippen LogP contribution in [0.4, 0.5) is 0 Å². The molecule has 1 heterocycles. The number of fused-ring (bicyclic) bond motifs is 1. The molecule has 0 fully saturated rings. The second-order valence-corrected chi connectivity index (χ2v) is 6.60. The molecule has 1 aromatic carbocycles. The third-order valence-corrected chi connectivity index (χ3v) is 4.23. The van der Waals surface area contributed by atoms with Gasteiger partial charge in [-0.1, -0.05) is 18.2 Å². The molecule has 1 aromatic heterocycles. The highest BCUT2D eigenvalue weighted by molar-refractivity contribution is 7.84. The van der Waals surface area contributed by atoms with Gasteiger partial charge in [-0.15, -0.1) is 0 Å². The monoisotopic (exact) mass is 299 g/mol. The lowest BCUT2D eigenvalue weighted by atomic mass is 10.1. The number of hydrogen-bond acceptors (Lipinski definition) is 3. The largest absolute Gasteiger partial charge is 0.444 e. The van der Waals surface area contributed by atoms with E-state index in [1.807, 2.05) is 24.3 Å². The molecule has 0 aliphatic rings. The van der Waals surface area contributed by atoms with E-state index in [0.717, 1.165) is 23.0 Å². The second kappa shape index (κ2) is 6.55. The van der Waals surface area contributed by atoms with Crippen LogP contribution in [0.3, 0.4) is 0 Å². The van der Waals surface area contributed by atoms with Gasteiger partial charge in [0.1, 0.15) is 5.58 Å². The number of benzene rings is 1. The van der Waals surface area contributed by atoms with Crippen LogP contribution in [0.5, 0.6) is 0 Å². The normalized spacial score (nSPS) is 14.7. The molecule has 0 saturated carbocycles. The summed E-state index contributed by atoms with van der Waals surface area (Å²) >= 11 is 6.12. The van der Waals surface area contributed by atoms with Crippen molar-refractivity contribution in [3.05, 3.63) is 35.0 Å². The van der Waals surface area contributed by atoms with E-state index in [9.17, 15) is 4.21 Å². The van der Waals surface area contributed by atoms with Crippen molar-refractivity contribution in [1.82, 2.24) is 5.32 Å². The Kier molecular flexibility index (Phi) is 5.02. The van der Waals surface area contributed by atoms with Crippen LogP contribution < -0.4 is 5.32 Å². The van der Waals surface area contributed by atoms with E-state index in [0.29, 0.717) is 23.6 Å². The van der Waals surface area contributed by atoms with Crippen LogP contribution in [0.2, 0.25) is 5.22 Å². The smallest absolute Gasteiger partial charge is 0.199 e. The summed E-state index contributed by atoms with van der Waals surface area (Å²) in [4.78, 5) is 0. The lowest BCUT2D eigenvalue weighted by molar-refractivity contribution is 0.530.